The van der Waals surface area contributed by atoms with Gasteiger partial charge in [-0.15, -0.1) is 0 Å². The van der Waals surface area contributed by atoms with Gasteiger partial charge in [-0.1, -0.05) is 0 Å². The minimum absolute atomic E-state index is 0.00544. The second-order valence-electron chi connectivity index (χ2n) is 7.99. The number of primary amides is 1. The van der Waals surface area contributed by atoms with Crippen molar-refractivity contribution >= 4 is 17.6 Å². The smallest absolute Gasteiger partial charge is 0.365 e. The lowest BCUT2D eigenvalue weighted by Crippen LogP contribution is -2.55. The van der Waals surface area contributed by atoms with Gasteiger partial charge in [0.1, 0.15) is 17.6 Å². The molecule has 180 valence electrons. The number of nitriles is 1. The summed E-state index contributed by atoms with van der Waals surface area (Å²) in [4.78, 5) is 25.8. The first-order chi connectivity index (χ1) is 16.5. The number of nitrogens with two attached hydrogens (primary N) is 1. The van der Waals surface area contributed by atoms with Gasteiger partial charge in [-0.05, 0) is 55.0 Å². The predicted molar refractivity (Wildman–Crippen MR) is 116 cm³/mol. The van der Waals surface area contributed by atoms with Gasteiger partial charge in [0.25, 0.3) is 5.91 Å². The van der Waals surface area contributed by atoms with Crippen molar-refractivity contribution in [2.75, 3.05) is 5.32 Å². The van der Waals surface area contributed by atoms with E-state index in [1.165, 1.54) is 43.3 Å². The molecule has 0 radical (unpaired) electrons. The molecule has 3 N–H and O–H groups in total. The van der Waals surface area contributed by atoms with Crippen LogP contribution in [0.4, 0.5) is 28.0 Å². The Morgan fingerprint density at radius 3 is 2.46 bits per heavy atom. The number of alkyl halides is 3. The van der Waals surface area contributed by atoms with Crippen molar-refractivity contribution in [3.05, 3.63) is 70.7 Å². The van der Waals surface area contributed by atoms with Crippen LogP contribution >= 0.6 is 0 Å². The number of fused-ring (bicyclic) bond motifs is 1. The predicted octanol–water partition coefficient (Wildman–Crippen LogP) is 3.95. The lowest BCUT2D eigenvalue weighted by Gasteiger charge is -2.37. The average Bonchev–Trinajstić information content (AvgIpc) is 3.19. The van der Waals surface area contributed by atoms with Crippen molar-refractivity contribution in [2.45, 2.75) is 32.2 Å². The van der Waals surface area contributed by atoms with E-state index < -0.39 is 43.1 Å². The fourth-order valence-electron chi connectivity index (χ4n) is 3.91. The molecule has 0 spiro atoms. The Hall–Kier alpha value is -4.40. The van der Waals surface area contributed by atoms with Gasteiger partial charge < -0.3 is 16.0 Å². The van der Waals surface area contributed by atoms with Gasteiger partial charge in [0.05, 0.1) is 36.0 Å². The van der Waals surface area contributed by atoms with Gasteiger partial charge >= 0.3 is 12.2 Å². The molecule has 8 nitrogen and oxygen atoms in total. The second kappa shape index (κ2) is 8.75. The maximum Gasteiger partial charge on any atom is 0.410 e. The summed E-state index contributed by atoms with van der Waals surface area (Å²) in [6.45, 7) is 0.130. The van der Waals surface area contributed by atoms with Crippen LogP contribution in [0.2, 0.25) is 0 Å². The highest BCUT2D eigenvalue weighted by Gasteiger charge is 2.49. The number of halogens is 4. The third-order valence-electron chi connectivity index (χ3n) is 5.68. The van der Waals surface area contributed by atoms with Gasteiger partial charge in [-0.3, -0.25) is 9.48 Å². The maximum atomic E-state index is 13.9. The van der Waals surface area contributed by atoms with E-state index in [0.717, 1.165) is 10.7 Å². The van der Waals surface area contributed by atoms with E-state index in [1.54, 1.807) is 0 Å². The highest BCUT2D eigenvalue weighted by molar-refractivity contribution is 6.00. The number of carbonyl (C=O) groups is 2. The lowest BCUT2D eigenvalue weighted by molar-refractivity contribution is -0.184. The Morgan fingerprint density at radius 1 is 1.20 bits per heavy atom. The number of benzene rings is 2. The summed E-state index contributed by atoms with van der Waals surface area (Å²) in [5.41, 5.74) is 6.49. The minimum Gasteiger partial charge on any atom is -0.365 e. The van der Waals surface area contributed by atoms with E-state index in [4.69, 9.17) is 11.0 Å². The number of urea groups is 1. The second-order valence-corrected chi connectivity index (χ2v) is 7.99. The summed E-state index contributed by atoms with van der Waals surface area (Å²) < 4.78 is 56.6. The summed E-state index contributed by atoms with van der Waals surface area (Å²) in [7, 11) is 0. The van der Waals surface area contributed by atoms with Crippen LogP contribution in [-0.4, -0.2) is 38.8 Å². The molecule has 1 aliphatic heterocycles. The zero-order valence-electron chi connectivity index (χ0n) is 18.2. The Morgan fingerprint density at radius 2 is 1.89 bits per heavy atom. The quantitative estimate of drug-likeness (QED) is 0.545. The first-order valence-corrected chi connectivity index (χ1v) is 10.3. The Bertz CT molecular complexity index is 1360. The minimum atomic E-state index is -4.80. The molecule has 1 aliphatic rings. The molecule has 0 saturated heterocycles. The number of hydrogen-bond acceptors (Lipinski definition) is 4. The van der Waals surface area contributed by atoms with Crippen LogP contribution in [0.5, 0.6) is 0 Å². The molecule has 1 aromatic heterocycles. The molecule has 0 bridgehead atoms. The van der Waals surface area contributed by atoms with Gasteiger partial charge in [0.15, 0.2) is 0 Å². The molecule has 0 fully saturated rings. The van der Waals surface area contributed by atoms with Crippen LogP contribution in [0.25, 0.3) is 11.3 Å². The number of hydrogen-bond donors (Lipinski definition) is 2. The monoisotopic (exact) mass is 486 g/mol. The number of nitrogens with one attached hydrogen (secondary N) is 1. The number of anilines is 1. The first kappa shape index (κ1) is 23.7. The van der Waals surface area contributed by atoms with Crippen molar-refractivity contribution in [3.8, 4) is 17.3 Å². The standard InChI is InChI=1S/C23H18F4N6O2/c1-12-8-14(4-7-16(12)24)20-19(21(29)34)17-10-32(18(23(25,26)27)11-33(17)31-20)22(35)30-15-5-2-13(9-28)3-6-15/h2-8,18H,10-11H2,1H3,(H2,29,34)(H,30,35). The molecule has 2 aromatic carbocycles. The molecule has 1 atom stereocenters. The Balaban J connectivity index is 1.74. The highest BCUT2D eigenvalue weighted by Crippen LogP contribution is 2.35. The number of carbonyl (C=O) groups excluding carboxylic acids is 2. The molecule has 35 heavy (non-hydrogen) atoms. The van der Waals surface area contributed by atoms with E-state index >= 15 is 0 Å². The van der Waals surface area contributed by atoms with Gasteiger partial charge in [-0.25, -0.2) is 9.18 Å². The molecule has 3 amide bonds. The zero-order valence-corrected chi connectivity index (χ0v) is 18.2. The van der Waals surface area contributed by atoms with Gasteiger partial charge in [0.2, 0.25) is 0 Å². The number of amides is 3. The topological polar surface area (TPSA) is 117 Å². The third kappa shape index (κ3) is 4.52. The normalized spacial score (nSPS) is 15.3. The van der Waals surface area contributed by atoms with Crippen LogP contribution in [-0.2, 0) is 13.1 Å². The van der Waals surface area contributed by atoms with Gasteiger partial charge in [0, 0.05) is 11.3 Å². The fraction of sp³-hybridized carbons (Fsp3) is 0.217. The maximum absolute atomic E-state index is 13.9. The average molecular weight is 486 g/mol. The third-order valence-corrected chi connectivity index (χ3v) is 5.68. The molecule has 0 saturated carbocycles. The van der Waals surface area contributed by atoms with Crippen molar-refractivity contribution in [1.29, 1.82) is 5.26 Å². The molecular weight excluding hydrogens is 468 g/mol. The Labute approximate surface area is 196 Å². The van der Waals surface area contributed by atoms with Gasteiger partial charge in [-0.2, -0.15) is 23.5 Å². The molecule has 12 heteroatoms. The van der Waals surface area contributed by atoms with Crippen molar-refractivity contribution < 1.29 is 27.2 Å². The molecule has 1 unspecified atom stereocenters. The molecule has 0 aliphatic carbocycles. The molecular formula is C23H18F4N6O2. The highest BCUT2D eigenvalue weighted by atomic mass is 19.4. The van der Waals surface area contributed by atoms with E-state index in [1.807, 2.05) is 6.07 Å². The number of rotatable bonds is 3. The van der Waals surface area contributed by atoms with E-state index in [2.05, 4.69) is 10.4 Å². The fourth-order valence-corrected chi connectivity index (χ4v) is 3.91. The zero-order chi connectivity index (χ0) is 25.5. The van der Waals surface area contributed by atoms with Crippen LogP contribution in [0.3, 0.4) is 0 Å². The summed E-state index contributed by atoms with van der Waals surface area (Å²) in [6.07, 6.45) is -4.80. The lowest BCUT2D eigenvalue weighted by atomic mass is 10.0. The number of aromatic nitrogens is 2. The van der Waals surface area contributed by atoms with E-state index in [9.17, 15) is 27.2 Å². The molecule has 4 rings (SSSR count). The summed E-state index contributed by atoms with van der Waals surface area (Å²) in [6, 6.07) is 8.11. The van der Waals surface area contributed by atoms with Crippen LogP contribution < -0.4 is 11.1 Å². The van der Waals surface area contributed by atoms with Crippen LogP contribution in [0.15, 0.2) is 42.5 Å². The van der Waals surface area contributed by atoms with Crippen molar-refractivity contribution in [1.82, 2.24) is 14.7 Å². The van der Waals surface area contributed by atoms with E-state index in [0.29, 0.717) is 16.0 Å². The summed E-state index contributed by atoms with van der Waals surface area (Å²) in [5.74, 6) is -1.44. The SMILES string of the molecule is Cc1cc(-c2nn3c(c2C(N)=O)CN(C(=O)Nc2ccc(C#N)cc2)C(C(F)(F)F)C3)ccc1F. The largest absolute Gasteiger partial charge is 0.410 e. The van der Waals surface area contributed by atoms with E-state index in [-0.39, 0.29) is 28.2 Å². The summed E-state index contributed by atoms with van der Waals surface area (Å²) in [5, 5.41) is 15.4. The van der Waals surface area contributed by atoms with Crippen LogP contribution in [0, 0.1) is 24.1 Å². The van der Waals surface area contributed by atoms with Crippen LogP contribution in [0.1, 0.15) is 27.2 Å². The Kier molecular flexibility index (Phi) is 5.94. The first-order valence-electron chi connectivity index (χ1n) is 10.3. The summed E-state index contributed by atoms with van der Waals surface area (Å²) >= 11 is 0. The van der Waals surface area contributed by atoms with Crippen molar-refractivity contribution in [2.24, 2.45) is 5.73 Å². The molecule has 3 aromatic rings. The van der Waals surface area contributed by atoms with Crippen molar-refractivity contribution in [3.63, 3.8) is 0 Å². The molecule has 2 heterocycles. The number of aryl methyl sites for hydroxylation is 1. The number of nitrogens with zero attached hydrogens (tertiary/aromatic N) is 4.